The van der Waals surface area contributed by atoms with Crippen molar-refractivity contribution in [1.29, 1.82) is 0 Å². The molecule has 6 nitrogen and oxygen atoms in total. The van der Waals surface area contributed by atoms with Gasteiger partial charge >= 0.3 is 0 Å². The molecule has 0 radical (unpaired) electrons. The van der Waals surface area contributed by atoms with Crippen molar-refractivity contribution in [2.75, 3.05) is 25.4 Å². The van der Waals surface area contributed by atoms with Crippen LogP contribution in [-0.2, 0) is 14.8 Å². The minimum Gasteiger partial charge on any atom is -0.367 e. The maximum Gasteiger partial charge on any atom is 0.214 e. The minimum absolute atomic E-state index is 0.105. The largest absolute Gasteiger partial charge is 0.367 e. The third-order valence-electron chi connectivity index (χ3n) is 3.07. The first-order valence-electron chi connectivity index (χ1n) is 6.34. The molecule has 19 heavy (non-hydrogen) atoms. The lowest BCUT2D eigenvalue weighted by Gasteiger charge is -2.31. The Balaban J connectivity index is 2.22. The molecule has 106 valence electrons. The predicted molar refractivity (Wildman–Crippen MR) is 71.2 cm³/mol. The zero-order valence-corrected chi connectivity index (χ0v) is 12.3. The molecule has 1 fully saturated rings. The van der Waals surface area contributed by atoms with Gasteiger partial charge in [0.05, 0.1) is 12.4 Å². The lowest BCUT2D eigenvalue weighted by atomic mass is 10.2. The van der Waals surface area contributed by atoms with E-state index < -0.39 is 10.0 Å². The summed E-state index contributed by atoms with van der Waals surface area (Å²) in [5.74, 6) is 0.668. The van der Waals surface area contributed by atoms with Gasteiger partial charge < -0.3 is 4.74 Å². The van der Waals surface area contributed by atoms with Gasteiger partial charge in [-0.15, -0.1) is 0 Å². The maximum atomic E-state index is 11.9. The molecule has 0 aromatic carbocycles. The van der Waals surface area contributed by atoms with E-state index in [2.05, 4.69) is 9.97 Å². The average Bonchev–Trinajstić information content (AvgIpc) is 2.38. The van der Waals surface area contributed by atoms with Crippen molar-refractivity contribution >= 4 is 10.0 Å². The molecule has 2 rings (SSSR count). The molecule has 0 N–H and O–H groups in total. The summed E-state index contributed by atoms with van der Waals surface area (Å²) in [6.45, 7) is 6.49. The number of nitrogens with zero attached hydrogens (tertiary/aromatic N) is 3. The molecule has 1 unspecified atom stereocenters. The second kappa shape index (κ2) is 5.52. The third-order valence-corrected chi connectivity index (χ3v) is 4.92. The molecule has 2 heterocycles. The molecule has 1 atom stereocenters. The Bertz CT molecular complexity index is 539. The van der Waals surface area contributed by atoms with Crippen LogP contribution in [0.4, 0.5) is 0 Å². The van der Waals surface area contributed by atoms with E-state index in [-0.39, 0.29) is 11.9 Å². The van der Waals surface area contributed by atoms with Gasteiger partial charge in [0.25, 0.3) is 0 Å². The summed E-state index contributed by atoms with van der Waals surface area (Å²) in [5.41, 5.74) is 1.73. The molecule has 1 saturated heterocycles. The molecule has 0 spiro atoms. The number of aromatic nitrogens is 2. The summed E-state index contributed by atoms with van der Waals surface area (Å²) < 4.78 is 30.9. The second-order valence-electron chi connectivity index (χ2n) is 4.63. The van der Waals surface area contributed by atoms with E-state index in [0.717, 1.165) is 11.4 Å². The zero-order chi connectivity index (χ0) is 14.0. The molecule has 1 aliphatic heterocycles. The third kappa shape index (κ3) is 3.29. The molecule has 1 aromatic rings. The SMILES string of the molecule is CCS(=O)(=O)N1CCOC(c2nc(C)cc(C)n2)C1. The first kappa shape index (κ1) is 14.4. The fourth-order valence-corrected chi connectivity index (χ4v) is 3.19. The van der Waals surface area contributed by atoms with Crippen molar-refractivity contribution in [3.05, 3.63) is 23.3 Å². The Morgan fingerprint density at radius 3 is 2.58 bits per heavy atom. The van der Waals surface area contributed by atoms with Gasteiger partial charge in [0.1, 0.15) is 6.10 Å². The minimum atomic E-state index is -3.18. The standard InChI is InChI=1S/C12H19N3O3S/c1-4-19(16,17)15-5-6-18-11(8-15)12-13-9(2)7-10(3)14-12/h7,11H,4-6,8H2,1-3H3. The predicted octanol–water partition coefficient (Wildman–Crippen LogP) is 0.816. The van der Waals surface area contributed by atoms with Crippen LogP contribution in [0.3, 0.4) is 0 Å². The lowest BCUT2D eigenvalue weighted by Crippen LogP contribution is -2.43. The Kier molecular flexibility index (Phi) is 4.17. The molecular formula is C12H19N3O3S. The van der Waals surface area contributed by atoms with Crippen LogP contribution in [0, 0.1) is 13.8 Å². The topological polar surface area (TPSA) is 72.4 Å². The quantitative estimate of drug-likeness (QED) is 0.822. The van der Waals surface area contributed by atoms with Crippen LogP contribution in [-0.4, -0.2) is 48.1 Å². The van der Waals surface area contributed by atoms with E-state index in [1.54, 1.807) is 6.92 Å². The Labute approximate surface area is 113 Å². The van der Waals surface area contributed by atoms with Crippen LogP contribution in [0.5, 0.6) is 0 Å². The summed E-state index contributed by atoms with van der Waals surface area (Å²) in [6, 6.07) is 1.88. The summed E-state index contributed by atoms with van der Waals surface area (Å²) in [7, 11) is -3.18. The van der Waals surface area contributed by atoms with E-state index in [1.807, 2.05) is 19.9 Å². The van der Waals surface area contributed by atoms with Crippen LogP contribution in [0.25, 0.3) is 0 Å². The van der Waals surface area contributed by atoms with E-state index >= 15 is 0 Å². The first-order chi connectivity index (χ1) is 8.92. The maximum absolute atomic E-state index is 11.9. The number of hydrogen-bond donors (Lipinski definition) is 0. The van der Waals surface area contributed by atoms with Crippen molar-refractivity contribution in [3.8, 4) is 0 Å². The summed E-state index contributed by atoms with van der Waals surface area (Å²) in [4.78, 5) is 8.68. The van der Waals surface area contributed by atoms with E-state index in [1.165, 1.54) is 4.31 Å². The normalized spacial score (nSPS) is 21.5. The summed E-state index contributed by atoms with van der Waals surface area (Å²) in [5, 5.41) is 0. The molecule has 1 aromatic heterocycles. The van der Waals surface area contributed by atoms with E-state index in [0.29, 0.717) is 25.5 Å². The number of aryl methyl sites for hydroxylation is 2. The second-order valence-corrected chi connectivity index (χ2v) is 6.88. The van der Waals surface area contributed by atoms with Gasteiger partial charge in [-0.2, -0.15) is 4.31 Å². The van der Waals surface area contributed by atoms with Gasteiger partial charge in [0, 0.05) is 24.5 Å². The average molecular weight is 285 g/mol. The highest BCUT2D eigenvalue weighted by Crippen LogP contribution is 2.21. The van der Waals surface area contributed by atoms with Crippen LogP contribution in [0.2, 0.25) is 0 Å². The van der Waals surface area contributed by atoms with Gasteiger partial charge in [-0.1, -0.05) is 0 Å². The van der Waals surface area contributed by atoms with Crippen molar-refractivity contribution < 1.29 is 13.2 Å². The van der Waals surface area contributed by atoms with Gasteiger partial charge in [-0.3, -0.25) is 0 Å². The number of sulfonamides is 1. The zero-order valence-electron chi connectivity index (χ0n) is 11.5. The van der Waals surface area contributed by atoms with Crippen LogP contribution in [0.1, 0.15) is 30.2 Å². The van der Waals surface area contributed by atoms with Gasteiger partial charge in [0.2, 0.25) is 10.0 Å². The number of morpholine rings is 1. The highest BCUT2D eigenvalue weighted by atomic mass is 32.2. The number of rotatable bonds is 3. The van der Waals surface area contributed by atoms with Crippen molar-refractivity contribution in [3.63, 3.8) is 0 Å². The molecular weight excluding hydrogens is 266 g/mol. The fraction of sp³-hybridized carbons (Fsp3) is 0.667. The van der Waals surface area contributed by atoms with Gasteiger partial charge in [-0.25, -0.2) is 18.4 Å². The van der Waals surface area contributed by atoms with Crippen LogP contribution in [0.15, 0.2) is 6.07 Å². The molecule has 0 saturated carbocycles. The van der Waals surface area contributed by atoms with E-state index in [9.17, 15) is 8.42 Å². The molecule has 7 heteroatoms. The Hall–Kier alpha value is -1.05. The molecule has 0 amide bonds. The van der Waals surface area contributed by atoms with Crippen molar-refractivity contribution in [2.45, 2.75) is 26.9 Å². The first-order valence-corrected chi connectivity index (χ1v) is 7.95. The highest BCUT2D eigenvalue weighted by molar-refractivity contribution is 7.89. The monoisotopic (exact) mass is 285 g/mol. The molecule has 0 aliphatic carbocycles. The molecule has 0 bridgehead atoms. The van der Waals surface area contributed by atoms with Crippen LogP contribution >= 0.6 is 0 Å². The van der Waals surface area contributed by atoms with Gasteiger partial charge in [-0.05, 0) is 26.8 Å². The molecule has 1 aliphatic rings. The van der Waals surface area contributed by atoms with Crippen LogP contribution < -0.4 is 0 Å². The Morgan fingerprint density at radius 2 is 2.00 bits per heavy atom. The number of ether oxygens (including phenoxy) is 1. The summed E-state index contributed by atoms with van der Waals surface area (Å²) in [6.07, 6.45) is -0.381. The van der Waals surface area contributed by atoms with E-state index in [4.69, 9.17) is 4.74 Å². The summed E-state index contributed by atoms with van der Waals surface area (Å²) >= 11 is 0. The number of hydrogen-bond acceptors (Lipinski definition) is 5. The highest BCUT2D eigenvalue weighted by Gasteiger charge is 2.30. The Morgan fingerprint density at radius 1 is 1.37 bits per heavy atom. The van der Waals surface area contributed by atoms with Crippen molar-refractivity contribution in [1.82, 2.24) is 14.3 Å². The smallest absolute Gasteiger partial charge is 0.214 e. The lowest BCUT2D eigenvalue weighted by molar-refractivity contribution is -0.00764. The fourth-order valence-electron chi connectivity index (χ4n) is 2.11. The van der Waals surface area contributed by atoms with Gasteiger partial charge in [0.15, 0.2) is 5.82 Å². The van der Waals surface area contributed by atoms with Crippen molar-refractivity contribution in [2.24, 2.45) is 0 Å².